The van der Waals surface area contributed by atoms with Gasteiger partial charge in [0, 0.05) is 12.6 Å². The number of nitrogens with one attached hydrogen (secondary N) is 1. The minimum atomic E-state index is 0.785. The van der Waals surface area contributed by atoms with Crippen LogP contribution in [0.2, 0.25) is 0 Å². The fourth-order valence-corrected chi connectivity index (χ4v) is 3.16. The first-order chi connectivity index (χ1) is 7.40. The van der Waals surface area contributed by atoms with Crippen molar-refractivity contribution in [2.24, 2.45) is 5.92 Å². The van der Waals surface area contributed by atoms with Crippen LogP contribution < -0.4 is 5.32 Å². The van der Waals surface area contributed by atoms with Crippen molar-refractivity contribution in [2.45, 2.75) is 51.5 Å². The summed E-state index contributed by atoms with van der Waals surface area (Å²) in [6.45, 7) is 7.35. The Balaban J connectivity index is 1.87. The van der Waals surface area contributed by atoms with Crippen molar-refractivity contribution in [3.8, 4) is 0 Å². The molecule has 0 aromatic rings. The van der Waals surface area contributed by atoms with E-state index >= 15 is 0 Å². The first-order valence-corrected chi connectivity index (χ1v) is 6.86. The van der Waals surface area contributed by atoms with Crippen molar-refractivity contribution < 1.29 is 0 Å². The van der Waals surface area contributed by atoms with E-state index in [1.165, 1.54) is 64.7 Å². The van der Waals surface area contributed by atoms with Crippen LogP contribution in [-0.2, 0) is 0 Å². The molecule has 2 aliphatic rings. The zero-order valence-corrected chi connectivity index (χ0v) is 10.2. The van der Waals surface area contributed by atoms with E-state index in [1.54, 1.807) is 0 Å². The van der Waals surface area contributed by atoms with Crippen LogP contribution in [-0.4, -0.2) is 37.1 Å². The lowest BCUT2D eigenvalue weighted by molar-refractivity contribution is 0.212. The lowest BCUT2D eigenvalue weighted by Crippen LogP contribution is -2.43. The molecule has 1 heterocycles. The van der Waals surface area contributed by atoms with Crippen LogP contribution in [0.3, 0.4) is 0 Å². The molecule has 15 heavy (non-hydrogen) atoms. The van der Waals surface area contributed by atoms with Crippen molar-refractivity contribution >= 4 is 0 Å². The van der Waals surface area contributed by atoms with Gasteiger partial charge in [-0.3, -0.25) is 0 Å². The molecule has 1 atom stereocenters. The molecule has 0 spiro atoms. The molecule has 0 aromatic heterocycles. The molecule has 88 valence electrons. The predicted octanol–water partition coefficient (Wildman–Crippen LogP) is 2.25. The van der Waals surface area contributed by atoms with Gasteiger partial charge < -0.3 is 10.2 Å². The molecule has 0 bridgehead atoms. The average Bonchev–Trinajstić information content (AvgIpc) is 2.55. The molecule has 1 aliphatic carbocycles. The van der Waals surface area contributed by atoms with Crippen LogP contribution in [0, 0.1) is 5.92 Å². The first kappa shape index (κ1) is 11.4. The van der Waals surface area contributed by atoms with Gasteiger partial charge in [0.2, 0.25) is 0 Å². The van der Waals surface area contributed by atoms with Crippen LogP contribution in [0.25, 0.3) is 0 Å². The normalized spacial score (nSPS) is 31.4. The Kier molecular flexibility index (Phi) is 4.45. The Morgan fingerprint density at radius 3 is 2.67 bits per heavy atom. The van der Waals surface area contributed by atoms with E-state index < -0.39 is 0 Å². The van der Waals surface area contributed by atoms with E-state index in [9.17, 15) is 0 Å². The monoisotopic (exact) mass is 210 g/mol. The van der Waals surface area contributed by atoms with Crippen molar-refractivity contribution in [3.05, 3.63) is 0 Å². The van der Waals surface area contributed by atoms with Gasteiger partial charge in [-0.25, -0.2) is 0 Å². The standard InChI is InChI=1S/C13H26N2/c1-2-15-10-6-9-14-13(11-15)12-7-4-3-5-8-12/h12-14H,2-11H2,1H3. The van der Waals surface area contributed by atoms with Gasteiger partial charge in [0.1, 0.15) is 0 Å². The minimum absolute atomic E-state index is 0.785. The molecule has 0 radical (unpaired) electrons. The fraction of sp³-hybridized carbons (Fsp3) is 1.00. The van der Waals surface area contributed by atoms with Gasteiger partial charge in [0.25, 0.3) is 0 Å². The molecule has 1 saturated carbocycles. The van der Waals surface area contributed by atoms with Gasteiger partial charge in [-0.2, -0.15) is 0 Å². The first-order valence-electron chi connectivity index (χ1n) is 6.86. The van der Waals surface area contributed by atoms with Crippen molar-refractivity contribution in [1.82, 2.24) is 10.2 Å². The second-order valence-corrected chi connectivity index (χ2v) is 5.21. The SMILES string of the molecule is CCN1CCCNC(C2CCCCC2)C1. The molecule has 2 heteroatoms. The van der Waals surface area contributed by atoms with Gasteiger partial charge >= 0.3 is 0 Å². The third kappa shape index (κ3) is 3.18. The zero-order chi connectivity index (χ0) is 10.5. The summed E-state index contributed by atoms with van der Waals surface area (Å²) in [7, 11) is 0. The van der Waals surface area contributed by atoms with Crippen LogP contribution in [0.1, 0.15) is 45.4 Å². The summed E-state index contributed by atoms with van der Waals surface area (Å²) in [4.78, 5) is 2.62. The fourth-order valence-electron chi connectivity index (χ4n) is 3.16. The van der Waals surface area contributed by atoms with E-state index in [2.05, 4.69) is 17.1 Å². The van der Waals surface area contributed by atoms with Crippen LogP contribution >= 0.6 is 0 Å². The Morgan fingerprint density at radius 1 is 1.13 bits per heavy atom. The van der Waals surface area contributed by atoms with Crippen LogP contribution in [0.5, 0.6) is 0 Å². The number of hydrogen-bond acceptors (Lipinski definition) is 2. The Labute approximate surface area is 94.4 Å². The van der Waals surface area contributed by atoms with Gasteiger partial charge in [-0.1, -0.05) is 26.2 Å². The topological polar surface area (TPSA) is 15.3 Å². The molecule has 2 rings (SSSR count). The van der Waals surface area contributed by atoms with E-state index in [-0.39, 0.29) is 0 Å². The van der Waals surface area contributed by atoms with Crippen molar-refractivity contribution in [1.29, 1.82) is 0 Å². The highest BCUT2D eigenvalue weighted by molar-refractivity contribution is 4.84. The van der Waals surface area contributed by atoms with E-state index in [1.807, 2.05) is 0 Å². The van der Waals surface area contributed by atoms with Crippen LogP contribution in [0.15, 0.2) is 0 Å². The molecule has 1 N–H and O–H groups in total. The Hall–Kier alpha value is -0.0800. The molecule has 0 aromatic carbocycles. The summed E-state index contributed by atoms with van der Waals surface area (Å²) in [6, 6.07) is 0.785. The number of likely N-dealkylation sites (N-methyl/N-ethyl adjacent to an activating group) is 1. The summed E-state index contributed by atoms with van der Waals surface area (Å²) >= 11 is 0. The summed E-state index contributed by atoms with van der Waals surface area (Å²) in [6.07, 6.45) is 8.67. The molecule has 1 aliphatic heterocycles. The summed E-state index contributed by atoms with van der Waals surface area (Å²) in [5.41, 5.74) is 0. The minimum Gasteiger partial charge on any atom is -0.312 e. The van der Waals surface area contributed by atoms with Gasteiger partial charge in [-0.05, 0) is 44.8 Å². The van der Waals surface area contributed by atoms with Gasteiger partial charge in [0.05, 0.1) is 0 Å². The predicted molar refractivity (Wildman–Crippen MR) is 65.1 cm³/mol. The zero-order valence-electron chi connectivity index (χ0n) is 10.2. The largest absolute Gasteiger partial charge is 0.312 e. The third-order valence-electron chi connectivity index (χ3n) is 4.18. The third-order valence-corrected chi connectivity index (χ3v) is 4.18. The smallest absolute Gasteiger partial charge is 0.0223 e. The molecular weight excluding hydrogens is 184 g/mol. The maximum atomic E-state index is 3.77. The number of hydrogen-bond donors (Lipinski definition) is 1. The second kappa shape index (κ2) is 5.86. The molecule has 1 unspecified atom stereocenters. The molecular formula is C13H26N2. The molecule has 2 nitrogen and oxygen atoms in total. The maximum Gasteiger partial charge on any atom is 0.0223 e. The molecule has 2 fully saturated rings. The van der Waals surface area contributed by atoms with Gasteiger partial charge in [0.15, 0.2) is 0 Å². The Morgan fingerprint density at radius 2 is 1.93 bits per heavy atom. The highest BCUT2D eigenvalue weighted by Gasteiger charge is 2.26. The van der Waals surface area contributed by atoms with E-state index in [0.717, 1.165) is 12.0 Å². The lowest BCUT2D eigenvalue weighted by Gasteiger charge is -2.32. The summed E-state index contributed by atoms with van der Waals surface area (Å²) in [5, 5.41) is 3.77. The maximum absolute atomic E-state index is 3.77. The van der Waals surface area contributed by atoms with E-state index in [4.69, 9.17) is 0 Å². The quantitative estimate of drug-likeness (QED) is 0.752. The van der Waals surface area contributed by atoms with Crippen molar-refractivity contribution in [3.63, 3.8) is 0 Å². The lowest BCUT2D eigenvalue weighted by atomic mass is 9.83. The highest BCUT2D eigenvalue weighted by Crippen LogP contribution is 2.27. The molecule has 0 amide bonds. The van der Waals surface area contributed by atoms with E-state index in [0.29, 0.717) is 0 Å². The number of nitrogens with zero attached hydrogens (tertiary/aromatic N) is 1. The summed E-state index contributed by atoms with van der Waals surface area (Å²) < 4.78 is 0. The molecule has 1 saturated heterocycles. The second-order valence-electron chi connectivity index (χ2n) is 5.21. The van der Waals surface area contributed by atoms with Gasteiger partial charge in [-0.15, -0.1) is 0 Å². The van der Waals surface area contributed by atoms with Crippen molar-refractivity contribution in [2.75, 3.05) is 26.2 Å². The highest BCUT2D eigenvalue weighted by atomic mass is 15.2. The average molecular weight is 210 g/mol. The Bertz CT molecular complexity index is 175. The van der Waals surface area contributed by atoms with Crippen LogP contribution in [0.4, 0.5) is 0 Å². The summed E-state index contributed by atoms with van der Waals surface area (Å²) in [5.74, 6) is 0.964. The number of rotatable bonds is 2.